The highest BCUT2D eigenvalue weighted by atomic mass is 79.9. The van der Waals surface area contributed by atoms with Crippen LogP contribution < -0.4 is 16.6 Å². The van der Waals surface area contributed by atoms with Gasteiger partial charge < -0.3 is 5.32 Å². The van der Waals surface area contributed by atoms with Gasteiger partial charge >= 0.3 is 0 Å². The highest BCUT2D eigenvalue weighted by Crippen LogP contribution is 2.23. The lowest BCUT2D eigenvalue weighted by molar-refractivity contribution is 0.559. The van der Waals surface area contributed by atoms with Crippen LogP contribution in [0.15, 0.2) is 10.7 Å². The van der Waals surface area contributed by atoms with Crippen LogP contribution in [0, 0.1) is 0 Å². The zero-order chi connectivity index (χ0) is 13.2. The van der Waals surface area contributed by atoms with Crippen molar-refractivity contribution in [3.63, 3.8) is 0 Å². The number of nitrogens with zero attached hydrogens (tertiary/aromatic N) is 2. The fourth-order valence-corrected chi connectivity index (χ4v) is 3.56. The number of hydrogen-bond acceptors (Lipinski definition) is 7. The van der Waals surface area contributed by atoms with Crippen molar-refractivity contribution in [1.29, 1.82) is 0 Å². The van der Waals surface area contributed by atoms with Crippen LogP contribution in [0.3, 0.4) is 0 Å². The van der Waals surface area contributed by atoms with E-state index in [1.807, 2.05) is 0 Å². The largest absolute Gasteiger partial charge is 0.366 e. The SMILES string of the molecule is NNc1ncc(Br)c(NC2CCS(=O)(=O)CC2)n1. The summed E-state index contributed by atoms with van der Waals surface area (Å²) >= 11 is 3.33. The molecule has 0 unspecified atom stereocenters. The van der Waals surface area contributed by atoms with Crippen LogP contribution in [0.2, 0.25) is 0 Å². The minimum Gasteiger partial charge on any atom is -0.366 e. The summed E-state index contributed by atoms with van der Waals surface area (Å²) in [6.45, 7) is 0. The first-order valence-corrected chi connectivity index (χ1v) is 8.08. The molecule has 7 nitrogen and oxygen atoms in total. The summed E-state index contributed by atoms with van der Waals surface area (Å²) in [5.41, 5.74) is 2.37. The van der Waals surface area contributed by atoms with Crippen molar-refractivity contribution in [2.45, 2.75) is 18.9 Å². The molecule has 1 aliphatic rings. The topological polar surface area (TPSA) is 110 Å². The van der Waals surface area contributed by atoms with Gasteiger partial charge in [0.2, 0.25) is 5.95 Å². The van der Waals surface area contributed by atoms with Gasteiger partial charge in [0.1, 0.15) is 15.7 Å². The molecular weight excluding hydrogens is 322 g/mol. The van der Waals surface area contributed by atoms with Gasteiger partial charge in [-0.25, -0.2) is 19.2 Å². The Bertz CT molecular complexity index is 522. The Kier molecular flexibility index (Phi) is 4.03. The first-order valence-electron chi connectivity index (χ1n) is 5.46. The van der Waals surface area contributed by atoms with Gasteiger partial charge in [-0.15, -0.1) is 0 Å². The van der Waals surface area contributed by atoms with Crippen LogP contribution in [0.5, 0.6) is 0 Å². The van der Waals surface area contributed by atoms with Gasteiger partial charge in [0.15, 0.2) is 0 Å². The summed E-state index contributed by atoms with van der Waals surface area (Å²) in [7, 11) is -2.85. The number of aromatic nitrogens is 2. The molecule has 0 spiro atoms. The normalized spacial score (nSPS) is 19.4. The molecule has 0 aromatic carbocycles. The lowest BCUT2D eigenvalue weighted by Crippen LogP contribution is -2.32. The van der Waals surface area contributed by atoms with Crippen molar-refractivity contribution in [2.24, 2.45) is 5.84 Å². The van der Waals surface area contributed by atoms with Crippen LogP contribution in [-0.2, 0) is 9.84 Å². The van der Waals surface area contributed by atoms with Gasteiger partial charge in [-0.2, -0.15) is 4.98 Å². The van der Waals surface area contributed by atoms with E-state index < -0.39 is 9.84 Å². The highest BCUT2D eigenvalue weighted by Gasteiger charge is 2.24. The molecule has 1 aliphatic heterocycles. The molecule has 1 aromatic rings. The first-order chi connectivity index (χ1) is 8.50. The van der Waals surface area contributed by atoms with Crippen LogP contribution in [0.25, 0.3) is 0 Å². The molecule has 2 heterocycles. The number of nitrogen functional groups attached to an aromatic ring is 1. The van der Waals surface area contributed by atoms with Crippen molar-refractivity contribution in [1.82, 2.24) is 9.97 Å². The number of rotatable bonds is 3. The van der Waals surface area contributed by atoms with E-state index in [-0.39, 0.29) is 17.5 Å². The van der Waals surface area contributed by atoms with E-state index in [4.69, 9.17) is 5.84 Å². The highest BCUT2D eigenvalue weighted by molar-refractivity contribution is 9.10. The Hall–Kier alpha value is -0.930. The summed E-state index contributed by atoms with van der Waals surface area (Å²) in [6.07, 6.45) is 2.76. The van der Waals surface area contributed by atoms with Crippen molar-refractivity contribution < 1.29 is 8.42 Å². The molecule has 18 heavy (non-hydrogen) atoms. The number of sulfone groups is 1. The Labute approximate surface area is 114 Å². The number of halogens is 1. The van der Waals surface area contributed by atoms with Gasteiger partial charge in [0, 0.05) is 12.2 Å². The van der Waals surface area contributed by atoms with E-state index in [1.165, 1.54) is 0 Å². The molecule has 0 bridgehead atoms. The second-order valence-electron chi connectivity index (χ2n) is 4.10. The lowest BCUT2D eigenvalue weighted by atomic mass is 10.1. The summed E-state index contributed by atoms with van der Waals surface area (Å²) in [4.78, 5) is 8.11. The van der Waals surface area contributed by atoms with Gasteiger partial charge in [0.05, 0.1) is 16.0 Å². The van der Waals surface area contributed by atoms with Crippen LogP contribution in [0.4, 0.5) is 11.8 Å². The zero-order valence-electron chi connectivity index (χ0n) is 9.56. The Morgan fingerprint density at radius 3 is 2.67 bits per heavy atom. The van der Waals surface area contributed by atoms with E-state index >= 15 is 0 Å². The second-order valence-corrected chi connectivity index (χ2v) is 7.26. The van der Waals surface area contributed by atoms with Gasteiger partial charge in [-0.05, 0) is 28.8 Å². The maximum atomic E-state index is 11.3. The fourth-order valence-electron chi connectivity index (χ4n) is 1.77. The van der Waals surface area contributed by atoms with Gasteiger partial charge in [-0.3, -0.25) is 5.43 Å². The summed E-state index contributed by atoms with van der Waals surface area (Å²) < 4.78 is 23.4. The number of nitrogens with one attached hydrogen (secondary N) is 2. The van der Waals surface area contributed by atoms with Gasteiger partial charge in [0.25, 0.3) is 0 Å². The van der Waals surface area contributed by atoms with E-state index in [0.29, 0.717) is 24.6 Å². The molecule has 4 N–H and O–H groups in total. The van der Waals surface area contributed by atoms with Crippen molar-refractivity contribution in [3.05, 3.63) is 10.7 Å². The molecule has 1 aromatic heterocycles. The molecule has 0 radical (unpaired) electrons. The number of nitrogens with two attached hydrogens (primary N) is 1. The van der Waals surface area contributed by atoms with E-state index in [0.717, 1.165) is 4.47 Å². The molecule has 0 amide bonds. The third-order valence-corrected chi connectivity index (χ3v) is 5.06. The van der Waals surface area contributed by atoms with E-state index in [9.17, 15) is 8.42 Å². The molecule has 0 aliphatic carbocycles. The van der Waals surface area contributed by atoms with Gasteiger partial charge in [-0.1, -0.05) is 0 Å². The first kappa shape index (κ1) is 13.5. The maximum absolute atomic E-state index is 11.3. The molecule has 1 fully saturated rings. The maximum Gasteiger partial charge on any atom is 0.239 e. The quantitative estimate of drug-likeness (QED) is 0.545. The third kappa shape index (κ3) is 3.30. The van der Waals surface area contributed by atoms with E-state index in [2.05, 4.69) is 36.6 Å². The Balaban J connectivity index is 2.06. The molecule has 0 saturated carbocycles. The van der Waals surface area contributed by atoms with Crippen LogP contribution >= 0.6 is 15.9 Å². The van der Waals surface area contributed by atoms with Crippen molar-refractivity contribution in [3.8, 4) is 0 Å². The molecule has 2 rings (SSSR count). The average Bonchev–Trinajstić information content (AvgIpc) is 2.34. The minimum absolute atomic E-state index is 0.102. The molecule has 9 heteroatoms. The fraction of sp³-hybridized carbons (Fsp3) is 0.556. The smallest absolute Gasteiger partial charge is 0.239 e. The second kappa shape index (κ2) is 5.37. The predicted octanol–water partition coefficient (Wildman–Crippen LogP) is 0.514. The van der Waals surface area contributed by atoms with Crippen LogP contribution in [0.1, 0.15) is 12.8 Å². The Morgan fingerprint density at radius 1 is 1.39 bits per heavy atom. The Morgan fingerprint density at radius 2 is 2.06 bits per heavy atom. The molecule has 100 valence electrons. The molecular formula is C9H14BrN5O2S. The summed E-state index contributed by atoms with van der Waals surface area (Å²) in [5.74, 6) is 6.60. The lowest BCUT2D eigenvalue weighted by Gasteiger charge is -2.24. The summed E-state index contributed by atoms with van der Waals surface area (Å²) in [6, 6.07) is 0.102. The molecule has 1 saturated heterocycles. The van der Waals surface area contributed by atoms with E-state index in [1.54, 1.807) is 6.20 Å². The van der Waals surface area contributed by atoms with Crippen molar-refractivity contribution >= 4 is 37.5 Å². The third-order valence-electron chi connectivity index (χ3n) is 2.77. The monoisotopic (exact) mass is 335 g/mol. The van der Waals surface area contributed by atoms with Crippen LogP contribution in [-0.4, -0.2) is 35.9 Å². The van der Waals surface area contributed by atoms with Crippen molar-refractivity contribution in [2.75, 3.05) is 22.2 Å². The zero-order valence-corrected chi connectivity index (χ0v) is 12.0. The average molecular weight is 336 g/mol. The number of anilines is 2. The summed E-state index contributed by atoms with van der Waals surface area (Å²) in [5, 5.41) is 3.20. The molecule has 0 atom stereocenters. The number of hydrogen-bond donors (Lipinski definition) is 3. The minimum atomic E-state index is -2.85. The standard InChI is InChI=1S/C9H14BrN5O2S/c10-7-5-12-9(15-11)14-8(7)13-6-1-3-18(16,17)4-2-6/h5-6H,1-4,11H2,(H2,12,13,14,15). The predicted molar refractivity (Wildman–Crippen MR) is 72.8 cm³/mol. The number of hydrazine groups is 1.